The second-order valence-electron chi connectivity index (χ2n) is 6.99. The van der Waals surface area contributed by atoms with Gasteiger partial charge in [0, 0.05) is 26.2 Å². The topological polar surface area (TPSA) is 42.0 Å². The summed E-state index contributed by atoms with van der Waals surface area (Å²) in [7, 11) is 3.57. The first-order chi connectivity index (χ1) is 11.6. The van der Waals surface area contributed by atoms with Gasteiger partial charge in [-0.1, -0.05) is 6.07 Å². The van der Waals surface area contributed by atoms with Crippen molar-refractivity contribution >= 4 is 5.91 Å². The van der Waals surface area contributed by atoms with Crippen molar-refractivity contribution in [2.24, 2.45) is 0 Å². The number of methoxy groups -OCH3 is 1. The molecule has 1 aromatic rings. The van der Waals surface area contributed by atoms with E-state index < -0.39 is 0 Å². The van der Waals surface area contributed by atoms with E-state index in [0.717, 1.165) is 50.3 Å². The van der Waals surface area contributed by atoms with Crippen LogP contribution in [0.5, 0.6) is 11.5 Å². The molecule has 3 rings (SSSR count). The fraction of sp³-hybridized carbons (Fsp3) is 0.632. The van der Waals surface area contributed by atoms with E-state index in [-0.39, 0.29) is 12.0 Å². The molecule has 1 saturated heterocycles. The van der Waals surface area contributed by atoms with E-state index in [1.54, 1.807) is 7.11 Å². The molecule has 0 spiro atoms. The van der Waals surface area contributed by atoms with Crippen molar-refractivity contribution in [3.05, 3.63) is 23.8 Å². The molecule has 2 aliphatic rings. The van der Waals surface area contributed by atoms with Crippen LogP contribution in [-0.4, -0.2) is 61.6 Å². The van der Waals surface area contributed by atoms with Gasteiger partial charge in [0.15, 0.2) is 11.5 Å². The fourth-order valence-electron chi connectivity index (χ4n) is 3.67. The number of benzene rings is 1. The van der Waals surface area contributed by atoms with Gasteiger partial charge in [-0.05, 0) is 50.3 Å². The van der Waals surface area contributed by atoms with Gasteiger partial charge < -0.3 is 14.4 Å². The number of carbonyl (C=O) groups is 1. The molecule has 0 aromatic heterocycles. The zero-order valence-electron chi connectivity index (χ0n) is 15.0. The second-order valence-corrected chi connectivity index (χ2v) is 6.99. The Hall–Kier alpha value is -1.75. The van der Waals surface area contributed by atoms with Crippen molar-refractivity contribution in [2.45, 2.75) is 44.8 Å². The number of aryl methyl sites for hydroxylation is 1. The first-order valence-electron chi connectivity index (χ1n) is 8.86. The summed E-state index contributed by atoms with van der Waals surface area (Å²) in [5.41, 5.74) is 1.17. The van der Waals surface area contributed by atoms with Crippen LogP contribution < -0.4 is 9.47 Å². The Morgan fingerprint density at radius 3 is 2.50 bits per heavy atom. The number of hydrogen-bond donors (Lipinski definition) is 0. The van der Waals surface area contributed by atoms with Gasteiger partial charge in [0.1, 0.15) is 0 Å². The number of nitrogens with zero attached hydrogens (tertiary/aromatic N) is 2. The molecule has 1 heterocycles. The summed E-state index contributed by atoms with van der Waals surface area (Å²) >= 11 is 0. The molecular weight excluding hydrogens is 304 g/mol. The van der Waals surface area contributed by atoms with Gasteiger partial charge in [-0.3, -0.25) is 9.69 Å². The molecule has 1 aliphatic heterocycles. The first kappa shape index (κ1) is 17.1. The highest BCUT2D eigenvalue weighted by atomic mass is 16.5. The Morgan fingerprint density at radius 2 is 1.83 bits per heavy atom. The number of hydrogen-bond acceptors (Lipinski definition) is 4. The summed E-state index contributed by atoms with van der Waals surface area (Å²) in [5, 5.41) is 0. The maximum Gasteiger partial charge on any atom is 0.236 e. The summed E-state index contributed by atoms with van der Waals surface area (Å²) in [6, 6.07) is 6.58. The van der Waals surface area contributed by atoms with Gasteiger partial charge in [0.2, 0.25) is 5.91 Å². The third-order valence-electron chi connectivity index (χ3n) is 5.26. The Labute approximate surface area is 144 Å². The van der Waals surface area contributed by atoms with Crippen molar-refractivity contribution in [1.29, 1.82) is 0 Å². The zero-order valence-corrected chi connectivity index (χ0v) is 15.0. The molecular formula is C19H28N2O3. The quantitative estimate of drug-likeness (QED) is 0.849. The predicted molar refractivity (Wildman–Crippen MR) is 93.6 cm³/mol. The number of amides is 1. The molecule has 24 heavy (non-hydrogen) atoms. The molecule has 1 aliphatic carbocycles. The Balaban J connectivity index is 1.53. The molecule has 2 fully saturated rings. The smallest absolute Gasteiger partial charge is 0.236 e. The van der Waals surface area contributed by atoms with Crippen molar-refractivity contribution in [3.8, 4) is 11.5 Å². The van der Waals surface area contributed by atoms with Crippen LogP contribution in [0.1, 0.15) is 31.2 Å². The minimum absolute atomic E-state index is 0.237. The van der Waals surface area contributed by atoms with Crippen LogP contribution in [0, 0.1) is 6.92 Å². The summed E-state index contributed by atoms with van der Waals surface area (Å²) in [6.07, 6.45) is 4.48. The molecule has 0 bridgehead atoms. The molecule has 1 saturated carbocycles. The van der Waals surface area contributed by atoms with Gasteiger partial charge in [0.25, 0.3) is 0 Å². The monoisotopic (exact) mass is 332 g/mol. The summed E-state index contributed by atoms with van der Waals surface area (Å²) < 4.78 is 11.6. The van der Waals surface area contributed by atoms with Crippen molar-refractivity contribution in [3.63, 3.8) is 0 Å². The molecule has 0 atom stereocenters. The van der Waals surface area contributed by atoms with Crippen LogP contribution in [0.2, 0.25) is 0 Å². The zero-order chi connectivity index (χ0) is 17.1. The average Bonchev–Trinajstić information content (AvgIpc) is 2.59. The summed E-state index contributed by atoms with van der Waals surface area (Å²) in [6.45, 7) is 4.45. The second kappa shape index (κ2) is 7.43. The molecule has 132 valence electrons. The van der Waals surface area contributed by atoms with Crippen molar-refractivity contribution in [1.82, 2.24) is 9.80 Å². The molecule has 1 aromatic carbocycles. The van der Waals surface area contributed by atoms with E-state index in [1.165, 1.54) is 5.56 Å². The Morgan fingerprint density at radius 1 is 1.08 bits per heavy atom. The average molecular weight is 332 g/mol. The number of ether oxygens (including phenoxy) is 2. The summed E-state index contributed by atoms with van der Waals surface area (Å²) in [4.78, 5) is 16.1. The molecule has 1 amide bonds. The van der Waals surface area contributed by atoms with Gasteiger partial charge in [-0.25, -0.2) is 0 Å². The van der Waals surface area contributed by atoms with Crippen LogP contribution >= 0.6 is 0 Å². The van der Waals surface area contributed by atoms with E-state index in [0.29, 0.717) is 12.6 Å². The molecule has 0 N–H and O–H groups in total. The molecule has 0 unspecified atom stereocenters. The van der Waals surface area contributed by atoms with Crippen molar-refractivity contribution < 1.29 is 14.3 Å². The highest BCUT2D eigenvalue weighted by Crippen LogP contribution is 2.32. The van der Waals surface area contributed by atoms with Crippen LogP contribution in [0.4, 0.5) is 0 Å². The number of likely N-dealkylation sites (N-methyl/N-ethyl adjacent to an activating group) is 1. The molecule has 5 nitrogen and oxygen atoms in total. The number of piperazine rings is 1. The Kier molecular flexibility index (Phi) is 5.29. The van der Waals surface area contributed by atoms with E-state index in [2.05, 4.69) is 17.9 Å². The lowest BCUT2D eigenvalue weighted by Gasteiger charge is -2.40. The largest absolute Gasteiger partial charge is 0.493 e. The lowest BCUT2D eigenvalue weighted by Crippen LogP contribution is -2.53. The Bertz CT molecular complexity index is 582. The fourth-order valence-corrected chi connectivity index (χ4v) is 3.67. The minimum Gasteiger partial charge on any atom is -0.493 e. The summed E-state index contributed by atoms with van der Waals surface area (Å²) in [5.74, 6) is 1.88. The van der Waals surface area contributed by atoms with E-state index >= 15 is 0 Å². The van der Waals surface area contributed by atoms with Crippen LogP contribution in [0.3, 0.4) is 0 Å². The lowest BCUT2D eigenvalue weighted by molar-refractivity contribution is -0.135. The van der Waals surface area contributed by atoms with E-state index in [4.69, 9.17) is 9.47 Å². The maximum atomic E-state index is 11.9. The molecule has 0 radical (unpaired) electrons. The molecule has 5 heteroatoms. The third kappa shape index (κ3) is 3.83. The van der Waals surface area contributed by atoms with Gasteiger partial charge in [0.05, 0.1) is 19.8 Å². The maximum absolute atomic E-state index is 11.9. The van der Waals surface area contributed by atoms with E-state index in [9.17, 15) is 4.79 Å². The predicted octanol–water partition coefficient (Wildman–Crippen LogP) is 2.47. The lowest BCUT2D eigenvalue weighted by atomic mass is 9.91. The minimum atomic E-state index is 0.237. The van der Waals surface area contributed by atoms with E-state index in [1.807, 2.05) is 24.1 Å². The number of rotatable bonds is 4. The first-order valence-corrected chi connectivity index (χ1v) is 8.86. The SMILES string of the molecule is COc1cc(C)ccc1O[C@H]1CC[C@H](N2CCN(C)C(=O)C2)CC1. The number of carbonyl (C=O) groups excluding carboxylic acids is 1. The van der Waals surface area contributed by atoms with Crippen LogP contribution in [-0.2, 0) is 4.79 Å². The van der Waals surface area contributed by atoms with Crippen LogP contribution in [0.25, 0.3) is 0 Å². The normalized spacial score (nSPS) is 25.6. The highest BCUT2D eigenvalue weighted by Gasteiger charge is 2.31. The van der Waals surface area contributed by atoms with Gasteiger partial charge in [-0.2, -0.15) is 0 Å². The van der Waals surface area contributed by atoms with Crippen molar-refractivity contribution in [2.75, 3.05) is 33.8 Å². The highest BCUT2D eigenvalue weighted by molar-refractivity contribution is 5.78. The van der Waals surface area contributed by atoms with Crippen LogP contribution in [0.15, 0.2) is 18.2 Å². The standard InChI is InChI=1S/C19H28N2O3/c1-14-4-9-17(18(12-14)23-3)24-16-7-5-15(6-8-16)21-11-10-20(2)19(22)13-21/h4,9,12,15-16H,5-8,10-11,13H2,1-3H3/t15-,16-. The third-order valence-corrected chi connectivity index (χ3v) is 5.26. The van der Waals surface area contributed by atoms with Gasteiger partial charge in [-0.15, -0.1) is 0 Å². The van der Waals surface area contributed by atoms with Gasteiger partial charge >= 0.3 is 0 Å².